The van der Waals surface area contributed by atoms with Crippen LogP contribution in [0.25, 0.3) is 0 Å². The molecular formula is C16H25NO2. The van der Waals surface area contributed by atoms with Crippen molar-refractivity contribution >= 4 is 0 Å². The van der Waals surface area contributed by atoms with Crippen molar-refractivity contribution < 1.29 is 9.84 Å². The highest BCUT2D eigenvalue weighted by atomic mass is 16.5. The van der Waals surface area contributed by atoms with Crippen LogP contribution in [0.1, 0.15) is 44.2 Å². The first-order chi connectivity index (χ1) is 9.26. The van der Waals surface area contributed by atoms with Gasteiger partial charge in [-0.3, -0.25) is 4.90 Å². The molecule has 1 atom stereocenters. The van der Waals surface area contributed by atoms with Crippen LogP contribution in [0.2, 0.25) is 0 Å². The van der Waals surface area contributed by atoms with Crippen molar-refractivity contribution in [1.82, 2.24) is 4.90 Å². The molecule has 0 aromatic heterocycles. The Kier molecular flexibility index (Phi) is 5.23. The normalized spacial score (nSPS) is 19.3. The molecular weight excluding hydrogens is 238 g/mol. The fourth-order valence-corrected chi connectivity index (χ4v) is 2.95. The lowest BCUT2D eigenvalue weighted by Crippen LogP contribution is -2.38. The minimum atomic E-state index is -0.115. The fraction of sp³-hybridized carbons (Fsp3) is 0.625. The molecule has 3 heteroatoms. The molecule has 1 heterocycles. The second-order valence-corrected chi connectivity index (χ2v) is 5.31. The van der Waals surface area contributed by atoms with Gasteiger partial charge in [0.2, 0.25) is 0 Å². The van der Waals surface area contributed by atoms with Crippen molar-refractivity contribution in [2.45, 2.75) is 44.8 Å². The number of rotatable bonds is 5. The molecule has 0 aliphatic carbocycles. The van der Waals surface area contributed by atoms with Gasteiger partial charge in [0.05, 0.1) is 13.2 Å². The van der Waals surface area contributed by atoms with Gasteiger partial charge in [-0.05, 0) is 25.3 Å². The van der Waals surface area contributed by atoms with Crippen LogP contribution in [-0.4, -0.2) is 36.3 Å². The van der Waals surface area contributed by atoms with Gasteiger partial charge in [-0.15, -0.1) is 0 Å². The van der Waals surface area contributed by atoms with E-state index in [0.29, 0.717) is 6.04 Å². The molecule has 1 saturated heterocycles. The summed E-state index contributed by atoms with van der Waals surface area (Å²) in [6.45, 7) is 4.18. The SMILES string of the molecule is CCCC(c1ccccc1OC)N1CCC(O)CC1. The zero-order valence-electron chi connectivity index (χ0n) is 12.0. The largest absolute Gasteiger partial charge is 0.496 e. The van der Waals surface area contributed by atoms with Crippen LogP contribution in [0.15, 0.2) is 24.3 Å². The molecule has 1 N–H and O–H groups in total. The number of aliphatic hydroxyl groups is 1. The lowest BCUT2D eigenvalue weighted by atomic mass is 9.96. The van der Waals surface area contributed by atoms with Crippen LogP contribution in [0.3, 0.4) is 0 Å². The van der Waals surface area contributed by atoms with Crippen LogP contribution in [0.4, 0.5) is 0 Å². The van der Waals surface area contributed by atoms with Crippen LogP contribution in [-0.2, 0) is 0 Å². The summed E-state index contributed by atoms with van der Waals surface area (Å²) in [5.74, 6) is 0.979. The standard InChI is InChI=1S/C16H25NO2/c1-3-6-15(17-11-9-13(18)10-12-17)14-7-4-5-8-16(14)19-2/h4-5,7-8,13,15,18H,3,6,9-12H2,1-2H3. The quantitative estimate of drug-likeness (QED) is 0.886. The number of benzene rings is 1. The third-order valence-corrected chi connectivity index (χ3v) is 4.00. The Balaban J connectivity index is 2.19. The molecule has 1 aromatic carbocycles. The van der Waals surface area contributed by atoms with Gasteiger partial charge >= 0.3 is 0 Å². The number of piperidine rings is 1. The molecule has 106 valence electrons. The molecule has 0 spiro atoms. The van der Waals surface area contributed by atoms with Crippen molar-refractivity contribution in [1.29, 1.82) is 0 Å². The Morgan fingerprint density at radius 2 is 2.00 bits per heavy atom. The summed E-state index contributed by atoms with van der Waals surface area (Å²) in [6.07, 6.45) is 3.94. The van der Waals surface area contributed by atoms with Gasteiger partial charge < -0.3 is 9.84 Å². The number of para-hydroxylation sites is 1. The number of methoxy groups -OCH3 is 1. The maximum Gasteiger partial charge on any atom is 0.123 e. The van der Waals surface area contributed by atoms with Crippen molar-refractivity contribution in [3.8, 4) is 5.75 Å². The zero-order chi connectivity index (χ0) is 13.7. The van der Waals surface area contributed by atoms with E-state index < -0.39 is 0 Å². The molecule has 1 aliphatic heterocycles. The number of likely N-dealkylation sites (tertiary alicyclic amines) is 1. The third kappa shape index (κ3) is 3.48. The summed E-state index contributed by atoms with van der Waals surface area (Å²) < 4.78 is 5.51. The molecule has 0 radical (unpaired) electrons. The van der Waals surface area contributed by atoms with E-state index in [1.165, 1.54) is 5.56 Å². The van der Waals surface area contributed by atoms with E-state index in [4.69, 9.17) is 4.74 Å². The van der Waals surface area contributed by atoms with Crippen LogP contribution < -0.4 is 4.74 Å². The van der Waals surface area contributed by atoms with E-state index in [0.717, 1.165) is 44.5 Å². The van der Waals surface area contributed by atoms with Crippen molar-refractivity contribution in [2.24, 2.45) is 0 Å². The van der Waals surface area contributed by atoms with Gasteiger partial charge in [-0.1, -0.05) is 31.5 Å². The molecule has 0 bridgehead atoms. The summed E-state index contributed by atoms with van der Waals surface area (Å²) in [5, 5.41) is 9.66. The minimum absolute atomic E-state index is 0.115. The first-order valence-electron chi connectivity index (χ1n) is 7.31. The predicted octanol–water partition coefficient (Wildman–Crippen LogP) is 2.99. The van der Waals surface area contributed by atoms with E-state index in [1.807, 2.05) is 12.1 Å². The van der Waals surface area contributed by atoms with Crippen molar-refractivity contribution in [3.63, 3.8) is 0 Å². The van der Waals surface area contributed by atoms with Gasteiger partial charge in [-0.2, -0.15) is 0 Å². The van der Waals surface area contributed by atoms with Crippen LogP contribution in [0, 0.1) is 0 Å². The van der Waals surface area contributed by atoms with Gasteiger partial charge in [0.15, 0.2) is 0 Å². The lowest BCUT2D eigenvalue weighted by molar-refractivity contribution is 0.0572. The van der Waals surface area contributed by atoms with Gasteiger partial charge in [0, 0.05) is 24.7 Å². The Labute approximate surface area is 116 Å². The van der Waals surface area contributed by atoms with Crippen molar-refractivity contribution in [3.05, 3.63) is 29.8 Å². The highest BCUT2D eigenvalue weighted by molar-refractivity contribution is 5.36. The molecule has 0 amide bonds. The number of hydrogen-bond donors (Lipinski definition) is 1. The summed E-state index contributed by atoms with van der Waals surface area (Å²) in [6, 6.07) is 8.72. The van der Waals surface area contributed by atoms with Crippen LogP contribution >= 0.6 is 0 Å². The highest BCUT2D eigenvalue weighted by Crippen LogP contribution is 2.34. The number of nitrogens with zero attached hydrogens (tertiary/aromatic N) is 1. The Hall–Kier alpha value is -1.06. The van der Waals surface area contributed by atoms with E-state index in [-0.39, 0.29) is 6.10 Å². The maximum atomic E-state index is 9.66. The summed E-state index contributed by atoms with van der Waals surface area (Å²) in [5.41, 5.74) is 1.28. The van der Waals surface area contributed by atoms with E-state index in [9.17, 15) is 5.11 Å². The summed E-state index contributed by atoms with van der Waals surface area (Å²) in [7, 11) is 1.74. The topological polar surface area (TPSA) is 32.7 Å². The minimum Gasteiger partial charge on any atom is -0.496 e. The second-order valence-electron chi connectivity index (χ2n) is 5.31. The highest BCUT2D eigenvalue weighted by Gasteiger charge is 2.26. The second kappa shape index (κ2) is 6.92. The molecule has 2 rings (SSSR count). The number of ether oxygens (including phenoxy) is 1. The summed E-state index contributed by atoms with van der Waals surface area (Å²) >= 11 is 0. The Bertz CT molecular complexity index is 386. The van der Waals surface area contributed by atoms with Crippen molar-refractivity contribution in [2.75, 3.05) is 20.2 Å². The van der Waals surface area contributed by atoms with E-state index in [1.54, 1.807) is 7.11 Å². The van der Waals surface area contributed by atoms with Crippen LogP contribution in [0.5, 0.6) is 5.75 Å². The molecule has 1 aliphatic rings. The average molecular weight is 263 g/mol. The molecule has 1 fully saturated rings. The smallest absolute Gasteiger partial charge is 0.123 e. The molecule has 19 heavy (non-hydrogen) atoms. The Morgan fingerprint density at radius 3 is 2.63 bits per heavy atom. The first-order valence-corrected chi connectivity index (χ1v) is 7.31. The summed E-state index contributed by atoms with van der Waals surface area (Å²) in [4.78, 5) is 2.49. The predicted molar refractivity (Wildman–Crippen MR) is 77.5 cm³/mol. The monoisotopic (exact) mass is 263 g/mol. The maximum absolute atomic E-state index is 9.66. The van der Waals surface area contributed by atoms with Gasteiger partial charge in [-0.25, -0.2) is 0 Å². The average Bonchev–Trinajstić information content (AvgIpc) is 2.46. The third-order valence-electron chi connectivity index (χ3n) is 4.00. The Morgan fingerprint density at radius 1 is 1.32 bits per heavy atom. The molecule has 1 unspecified atom stereocenters. The first kappa shape index (κ1) is 14.4. The number of hydrogen-bond acceptors (Lipinski definition) is 3. The van der Waals surface area contributed by atoms with Gasteiger partial charge in [0.25, 0.3) is 0 Å². The fourth-order valence-electron chi connectivity index (χ4n) is 2.95. The molecule has 0 saturated carbocycles. The molecule has 1 aromatic rings. The van der Waals surface area contributed by atoms with Gasteiger partial charge in [0.1, 0.15) is 5.75 Å². The van der Waals surface area contributed by atoms with E-state index >= 15 is 0 Å². The zero-order valence-corrected chi connectivity index (χ0v) is 12.0. The molecule has 3 nitrogen and oxygen atoms in total. The lowest BCUT2D eigenvalue weighted by Gasteiger charge is -2.37. The number of aliphatic hydroxyl groups excluding tert-OH is 1. The van der Waals surface area contributed by atoms with E-state index in [2.05, 4.69) is 24.0 Å².